The first-order chi connectivity index (χ1) is 6.09. The fourth-order valence-corrected chi connectivity index (χ4v) is 1.41. The van der Waals surface area contributed by atoms with Crippen molar-refractivity contribution in [2.24, 2.45) is 0 Å². The van der Waals surface area contributed by atoms with Crippen LogP contribution in [0.5, 0.6) is 0 Å². The zero-order chi connectivity index (χ0) is 9.59. The smallest absolute Gasteiger partial charge is 0.162 e. The molecule has 0 radical (unpaired) electrons. The highest BCUT2D eigenvalue weighted by Gasteiger charge is 2.08. The predicted molar refractivity (Wildman–Crippen MR) is 51.9 cm³/mol. The van der Waals surface area contributed by atoms with Gasteiger partial charge in [-0.1, -0.05) is 11.6 Å². The van der Waals surface area contributed by atoms with Crippen LogP contribution < -0.4 is 5.73 Å². The second kappa shape index (κ2) is 2.60. The number of hydrogen-bond acceptors (Lipinski definition) is 3. The van der Waals surface area contributed by atoms with Crippen LogP contribution in [0.3, 0.4) is 0 Å². The first-order valence-corrected chi connectivity index (χ1v) is 4.25. The second-order valence-electron chi connectivity index (χ2n) is 2.95. The lowest BCUT2D eigenvalue weighted by Gasteiger charge is -1.98. The van der Waals surface area contributed by atoms with Crippen LogP contribution in [0, 0.1) is 13.8 Å². The molecule has 2 rings (SSSR count). The molecule has 13 heavy (non-hydrogen) atoms. The number of fused-ring (bicyclic) bond motifs is 1. The molecular weight excluding hydrogens is 188 g/mol. The molecule has 0 saturated heterocycles. The summed E-state index contributed by atoms with van der Waals surface area (Å²) in [5.74, 6) is 0.506. The summed E-state index contributed by atoms with van der Waals surface area (Å²) in [7, 11) is 0. The molecule has 0 amide bonds. The molecule has 0 aliphatic rings. The molecule has 68 valence electrons. The van der Waals surface area contributed by atoms with Gasteiger partial charge in [0.15, 0.2) is 5.65 Å². The number of nitrogen functional groups attached to an aromatic ring is 1. The van der Waals surface area contributed by atoms with Gasteiger partial charge in [0.1, 0.15) is 11.0 Å². The number of hydrogen-bond donors (Lipinski definition) is 1. The molecule has 0 fully saturated rings. The Morgan fingerprint density at radius 3 is 2.85 bits per heavy atom. The minimum absolute atomic E-state index is 0.396. The zero-order valence-corrected chi connectivity index (χ0v) is 8.13. The van der Waals surface area contributed by atoms with E-state index in [9.17, 15) is 0 Å². The Morgan fingerprint density at radius 1 is 1.46 bits per heavy atom. The average Bonchev–Trinajstić information content (AvgIpc) is 2.32. The molecule has 0 saturated carbocycles. The van der Waals surface area contributed by atoms with E-state index in [4.69, 9.17) is 17.3 Å². The first-order valence-electron chi connectivity index (χ1n) is 3.87. The van der Waals surface area contributed by atoms with Gasteiger partial charge in [0, 0.05) is 11.6 Å². The number of aryl methyl sites for hydroxylation is 2. The van der Waals surface area contributed by atoms with Crippen molar-refractivity contribution in [2.45, 2.75) is 13.8 Å². The number of nitrogens with two attached hydrogens (primary N) is 1. The monoisotopic (exact) mass is 196 g/mol. The van der Waals surface area contributed by atoms with Crippen LogP contribution in [0.25, 0.3) is 5.65 Å². The maximum atomic E-state index is 5.77. The molecule has 2 heterocycles. The molecule has 5 heteroatoms. The van der Waals surface area contributed by atoms with E-state index in [0.29, 0.717) is 11.0 Å². The van der Waals surface area contributed by atoms with Crippen LogP contribution in [0.15, 0.2) is 6.07 Å². The molecule has 2 N–H and O–H groups in total. The van der Waals surface area contributed by atoms with Gasteiger partial charge in [-0.25, -0.2) is 4.98 Å². The minimum atomic E-state index is 0.396. The third-order valence-electron chi connectivity index (χ3n) is 2.05. The molecule has 0 spiro atoms. The summed E-state index contributed by atoms with van der Waals surface area (Å²) in [5.41, 5.74) is 8.37. The van der Waals surface area contributed by atoms with Crippen LogP contribution in [0.2, 0.25) is 5.15 Å². The van der Waals surface area contributed by atoms with E-state index >= 15 is 0 Å². The summed E-state index contributed by atoms with van der Waals surface area (Å²) in [4.78, 5) is 4.14. The van der Waals surface area contributed by atoms with Gasteiger partial charge in [0.2, 0.25) is 0 Å². The molecule has 0 bridgehead atoms. The predicted octanol–water partition coefficient (Wildman–Crippen LogP) is 1.58. The van der Waals surface area contributed by atoms with Crippen LogP contribution >= 0.6 is 11.6 Å². The quantitative estimate of drug-likeness (QED) is 0.651. The standard InChI is InChI=1S/C8H9ClN4/c1-4-5(2)12-13-7(10)3-6(9)11-8(4)13/h3H,10H2,1-2H3. The maximum absolute atomic E-state index is 5.77. The summed E-state index contributed by atoms with van der Waals surface area (Å²) in [5, 5.41) is 4.62. The Kier molecular flexibility index (Phi) is 1.66. The summed E-state index contributed by atoms with van der Waals surface area (Å²) < 4.78 is 1.59. The lowest BCUT2D eigenvalue weighted by atomic mass is 10.3. The Labute approximate surface area is 80.3 Å². The fourth-order valence-electron chi connectivity index (χ4n) is 1.22. The van der Waals surface area contributed by atoms with Gasteiger partial charge in [0.05, 0.1) is 5.69 Å². The second-order valence-corrected chi connectivity index (χ2v) is 3.34. The van der Waals surface area contributed by atoms with Crippen LogP contribution in [0.1, 0.15) is 11.3 Å². The Bertz CT molecular complexity index is 474. The van der Waals surface area contributed by atoms with Crippen molar-refractivity contribution in [2.75, 3.05) is 5.73 Å². The van der Waals surface area contributed by atoms with E-state index in [1.54, 1.807) is 10.6 Å². The van der Waals surface area contributed by atoms with E-state index in [-0.39, 0.29) is 0 Å². The van der Waals surface area contributed by atoms with Crippen molar-refractivity contribution in [3.63, 3.8) is 0 Å². The van der Waals surface area contributed by atoms with E-state index in [0.717, 1.165) is 16.9 Å². The molecule has 2 aromatic rings. The lowest BCUT2D eigenvalue weighted by molar-refractivity contribution is 0.929. The summed E-state index contributed by atoms with van der Waals surface area (Å²) >= 11 is 5.77. The summed E-state index contributed by atoms with van der Waals surface area (Å²) in [6.07, 6.45) is 0. The highest BCUT2D eigenvalue weighted by molar-refractivity contribution is 6.29. The number of anilines is 1. The molecular formula is C8H9ClN4. The normalized spacial score (nSPS) is 11.0. The Morgan fingerprint density at radius 2 is 2.15 bits per heavy atom. The molecule has 0 aromatic carbocycles. The molecule has 0 unspecified atom stereocenters. The Hall–Kier alpha value is -1.29. The largest absolute Gasteiger partial charge is 0.383 e. The third-order valence-corrected chi connectivity index (χ3v) is 2.25. The molecule has 4 nitrogen and oxygen atoms in total. The van der Waals surface area contributed by atoms with Crippen molar-refractivity contribution >= 4 is 23.1 Å². The summed E-state index contributed by atoms with van der Waals surface area (Å²) in [6, 6.07) is 1.58. The van der Waals surface area contributed by atoms with Crippen molar-refractivity contribution < 1.29 is 0 Å². The highest BCUT2D eigenvalue weighted by atomic mass is 35.5. The van der Waals surface area contributed by atoms with Crippen molar-refractivity contribution in [1.29, 1.82) is 0 Å². The van der Waals surface area contributed by atoms with E-state index < -0.39 is 0 Å². The van der Waals surface area contributed by atoms with Crippen LogP contribution in [-0.2, 0) is 0 Å². The molecule has 0 atom stereocenters. The molecule has 0 aliphatic heterocycles. The lowest BCUT2D eigenvalue weighted by Crippen LogP contribution is -1.99. The fraction of sp³-hybridized carbons (Fsp3) is 0.250. The van der Waals surface area contributed by atoms with E-state index in [1.165, 1.54) is 0 Å². The van der Waals surface area contributed by atoms with Crippen molar-refractivity contribution in [1.82, 2.24) is 14.6 Å². The zero-order valence-electron chi connectivity index (χ0n) is 7.37. The van der Waals surface area contributed by atoms with Crippen molar-refractivity contribution in [3.05, 3.63) is 22.5 Å². The first kappa shape index (κ1) is 8.31. The minimum Gasteiger partial charge on any atom is -0.383 e. The average molecular weight is 197 g/mol. The van der Waals surface area contributed by atoms with Gasteiger partial charge in [-0.2, -0.15) is 9.61 Å². The number of halogens is 1. The highest BCUT2D eigenvalue weighted by Crippen LogP contribution is 2.18. The van der Waals surface area contributed by atoms with Gasteiger partial charge in [-0.05, 0) is 13.8 Å². The van der Waals surface area contributed by atoms with Crippen molar-refractivity contribution in [3.8, 4) is 0 Å². The topological polar surface area (TPSA) is 56.2 Å². The van der Waals surface area contributed by atoms with E-state index in [2.05, 4.69) is 10.1 Å². The van der Waals surface area contributed by atoms with Crippen LogP contribution in [0.4, 0.5) is 5.82 Å². The van der Waals surface area contributed by atoms with Gasteiger partial charge < -0.3 is 5.73 Å². The SMILES string of the molecule is Cc1nn2c(N)cc(Cl)nc2c1C. The van der Waals surface area contributed by atoms with E-state index in [1.807, 2.05) is 13.8 Å². The molecule has 2 aromatic heterocycles. The van der Waals surface area contributed by atoms with Gasteiger partial charge in [0.25, 0.3) is 0 Å². The number of rotatable bonds is 0. The maximum Gasteiger partial charge on any atom is 0.162 e. The Balaban J connectivity index is 2.94. The third kappa shape index (κ3) is 1.14. The summed E-state index contributed by atoms with van der Waals surface area (Å²) in [6.45, 7) is 3.86. The molecule has 0 aliphatic carbocycles. The van der Waals surface area contributed by atoms with Gasteiger partial charge in [-0.15, -0.1) is 0 Å². The number of aromatic nitrogens is 3. The number of nitrogens with zero attached hydrogens (tertiary/aromatic N) is 3. The van der Waals surface area contributed by atoms with Gasteiger partial charge in [-0.3, -0.25) is 0 Å². The van der Waals surface area contributed by atoms with Gasteiger partial charge >= 0.3 is 0 Å². The van der Waals surface area contributed by atoms with Crippen LogP contribution in [-0.4, -0.2) is 14.6 Å².